The fourth-order valence-corrected chi connectivity index (χ4v) is 5.31. The molecule has 0 saturated heterocycles. The highest BCUT2D eigenvalue weighted by atomic mass is 35.5. The number of carbonyl (C=O) groups excluding carboxylic acids is 3. The van der Waals surface area contributed by atoms with Gasteiger partial charge in [0, 0.05) is 24.1 Å². The average Bonchev–Trinajstić information content (AvgIpc) is 3.45. The summed E-state index contributed by atoms with van der Waals surface area (Å²) in [5.41, 5.74) is -3.34. The number of carbonyl (C=O) groups is 3. The number of ether oxygens (including phenoxy) is 3. The highest BCUT2D eigenvalue weighted by molar-refractivity contribution is 6.30. The van der Waals surface area contributed by atoms with Crippen LogP contribution in [0, 0.1) is 5.41 Å². The lowest BCUT2D eigenvalue weighted by atomic mass is 9.78. The molecular formula is C36H37ClN4O8. The van der Waals surface area contributed by atoms with E-state index in [1.165, 1.54) is 0 Å². The van der Waals surface area contributed by atoms with Gasteiger partial charge in [0.25, 0.3) is 5.56 Å². The molecule has 13 heteroatoms. The van der Waals surface area contributed by atoms with E-state index in [1.807, 2.05) is 12.1 Å². The summed E-state index contributed by atoms with van der Waals surface area (Å²) >= 11 is 6.07. The number of hydrogen-bond donors (Lipinski definition) is 0. The lowest BCUT2D eigenvalue weighted by Gasteiger charge is -2.34. The van der Waals surface area contributed by atoms with Crippen molar-refractivity contribution < 1.29 is 33.1 Å². The van der Waals surface area contributed by atoms with Gasteiger partial charge in [-0.05, 0) is 89.9 Å². The monoisotopic (exact) mass is 688 g/mol. The standard InChI is InChI=1S/C36H37ClN4O8/c1-34(2,3)47-32(44)36(33(45)48-35(4,5)6,16-17-41-31(43)25-12-7-8-13-27(25)38-40-41)20-28(42)30-26-15-14-24(19-29(26)49-39-30)46-21-22-10-9-11-23(37)18-22/h7-15,18-19H,16-17,20-21H2,1-6H3. The fourth-order valence-electron chi connectivity index (χ4n) is 5.10. The van der Waals surface area contributed by atoms with Crippen molar-refractivity contribution in [3.05, 3.63) is 93.4 Å². The second-order valence-corrected chi connectivity index (χ2v) is 14.1. The lowest BCUT2D eigenvalue weighted by Crippen LogP contribution is -2.49. The summed E-state index contributed by atoms with van der Waals surface area (Å²) in [5.74, 6) is -2.20. The molecule has 0 spiro atoms. The minimum absolute atomic E-state index is 0.101. The van der Waals surface area contributed by atoms with Crippen LogP contribution < -0.4 is 10.3 Å². The molecule has 256 valence electrons. The van der Waals surface area contributed by atoms with Crippen molar-refractivity contribution in [1.82, 2.24) is 20.2 Å². The quantitative estimate of drug-likeness (QED) is 0.0849. The Morgan fingerprint density at radius 3 is 2.22 bits per heavy atom. The van der Waals surface area contributed by atoms with Crippen LogP contribution in [0.4, 0.5) is 0 Å². The lowest BCUT2D eigenvalue weighted by molar-refractivity contribution is -0.186. The Balaban J connectivity index is 1.49. The minimum Gasteiger partial charge on any atom is -0.489 e. The maximum absolute atomic E-state index is 14.1. The molecule has 49 heavy (non-hydrogen) atoms. The number of aryl methyl sites for hydroxylation is 1. The average molecular weight is 689 g/mol. The van der Waals surface area contributed by atoms with Gasteiger partial charge in [0.15, 0.2) is 22.5 Å². The van der Waals surface area contributed by atoms with E-state index < -0.39 is 46.3 Å². The zero-order chi connectivity index (χ0) is 35.6. The zero-order valence-electron chi connectivity index (χ0n) is 28.1. The molecular weight excluding hydrogens is 652 g/mol. The smallest absolute Gasteiger partial charge is 0.324 e. The number of esters is 2. The van der Waals surface area contributed by atoms with Crippen LogP contribution in [-0.4, -0.2) is 49.1 Å². The predicted octanol–water partition coefficient (Wildman–Crippen LogP) is 6.50. The number of fused-ring (bicyclic) bond motifs is 2. The Morgan fingerprint density at radius 2 is 1.55 bits per heavy atom. The van der Waals surface area contributed by atoms with Crippen LogP contribution in [0.1, 0.15) is 70.4 Å². The molecule has 0 N–H and O–H groups in total. The van der Waals surface area contributed by atoms with Crippen LogP contribution in [0.3, 0.4) is 0 Å². The van der Waals surface area contributed by atoms with Crippen LogP contribution >= 0.6 is 11.6 Å². The van der Waals surface area contributed by atoms with Gasteiger partial charge in [-0.1, -0.05) is 46.2 Å². The van der Waals surface area contributed by atoms with Crippen molar-refractivity contribution in [2.45, 2.75) is 78.7 Å². The largest absolute Gasteiger partial charge is 0.489 e. The van der Waals surface area contributed by atoms with Gasteiger partial charge in [-0.3, -0.25) is 19.2 Å². The summed E-state index contributed by atoms with van der Waals surface area (Å²) in [5, 5.41) is 13.4. The first-order chi connectivity index (χ1) is 23.0. The van der Waals surface area contributed by atoms with Crippen LogP contribution in [0.2, 0.25) is 5.02 Å². The number of hydrogen-bond acceptors (Lipinski definition) is 11. The summed E-state index contributed by atoms with van der Waals surface area (Å²) in [6, 6.07) is 18.8. The highest BCUT2D eigenvalue weighted by Gasteiger charge is 2.53. The number of aromatic nitrogens is 4. The third-order valence-corrected chi connectivity index (χ3v) is 7.66. The molecule has 2 heterocycles. The Kier molecular flexibility index (Phi) is 9.91. The number of rotatable bonds is 11. The van der Waals surface area contributed by atoms with Crippen molar-refractivity contribution in [3.8, 4) is 5.75 Å². The summed E-state index contributed by atoms with van der Waals surface area (Å²) in [4.78, 5) is 55.5. The SMILES string of the molecule is CC(C)(C)OC(=O)C(CCn1nnc2ccccc2c1=O)(CC(=O)c1noc2cc(OCc3cccc(Cl)c3)ccc12)C(=O)OC(C)(C)C. The van der Waals surface area contributed by atoms with Crippen LogP contribution in [-0.2, 0) is 32.2 Å². The van der Waals surface area contributed by atoms with E-state index >= 15 is 0 Å². The molecule has 2 aromatic heterocycles. The normalized spacial score (nSPS) is 12.2. The molecule has 0 unspecified atom stereocenters. The highest BCUT2D eigenvalue weighted by Crippen LogP contribution is 2.37. The number of ketones is 1. The van der Waals surface area contributed by atoms with E-state index in [1.54, 1.807) is 96.1 Å². The number of benzene rings is 3. The van der Waals surface area contributed by atoms with Crippen molar-refractivity contribution in [2.24, 2.45) is 5.41 Å². The first-order valence-electron chi connectivity index (χ1n) is 15.6. The third-order valence-electron chi connectivity index (χ3n) is 7.42. The van der Waals surface area contributed by atoms with E-state index in [-0.39, 0.29) is 30.8 Å². The second kappa shape index (κ2) is 13.8. The molecule has 0 bridgehead atoms. The molecule has 0 atom stereocenters. The molecule has 3 aromatic carbocycles. The van der Waals surface area contributed by atoms with Crippen molar-refractivity contribution >= 4 is 51.2 Å². The number of halogens is 1. The first-order valence-corrected chi connectivity index (χ1v) is 16.0. The van der Waals surface area contributed by atoms with Gasteiger partial charge in [-0.25, -0.2) is 4.68 Å². The maximum atomic E-state index is 14.1. The fraction of sp³-hybridized carbons (Fsp3) is 0.361. The van der Waals surface area contributed by atoms with E-state index in [9.17, 15) is 19.2 Å². The van der Waals surface area contributed by atoms with Crippen molar-refractivity contribution in [1.29, 1.82) is 0 Å². The second-order valence-electron chi connectivity index (χ2n) is 13.7. The molecule has 0 aliphatic heterocycles. The van der Waals surface area contributed by atoms with Crippen LogP contribution in [0.25, 0.3) is 21.9 Å². The predicted molar refractivity (Wildman–Crippen MR) is 181 cm³/mol. The Morgan fingerprint density at radius 1 is 0.857 bits per heavy atom. The summed E-state index contributed by atoms with van der Waals surface area (Å²) in [7, 11) is 0. The van der Waals surface area contributed by atoms with Crippen LogP contribution in [0.5, 0.6) is 5.75 Å². The molecule has 0 radical (unpaired) electrons. The Hall–Kier alpha value is -5.10. The van der Waals surface area contributed by atoms with E-state index in [0.29, 0.717) is 27.1 Å². The van der Waals surface area contributed by atoms with Gasteiger partial charge in [0.2, 0.25) is 0 Å². The molecule has 5 rings (SSSR count). The molecule has 0 amide bonds. The number of nitrogens with zero attached hydrogens (tertiary/aromatic N) is 4. The Bertz CT molecular complexity index is 2060. The summed E-state index contributed by atoms with van der Waals surface area (Å²) in [6.07, 6.45) is -1.06. The Labute approximate surface area is 287 Å². The zero-order valence-corrected chi connectivity index (χ0v) is 28.9. The molecule has 0 fully saturated rings. The van der Waals surface area contributed by atoms with Gasteiger partial charge in [-0.2, -0.15) is 0 Å². The molecule has 5 aromatic rings. The maximum Gasteiger partial charge on any atom is 0.324 e. The number of Topliss-reactive ketones (excluding diaryl/α,β-unsaturated/α-hetero) is 1. The van der Waals surface area contributed by atoms with Crippen LogP contribution in [0.15, 0.2) is 76.0 Å². The van der Waals surface area contributed by atoms with Gasteiger partial charge < -0.3 is 18.7 Å². The van der Waals surface area contributed by atoms with Crippen molar-refractivity contribution in [3.63, 3.8) is 0 Å². The van der Waals surface area contributed by atoms with Gasteiger partial charge in [0.05, 0.1) is 10.8 Å². The molecule has 0 aliphatic carbocycles. The van der Waals surface area contributed by atoms with E-state index in [0.717, 1.165) is 10.2 Å². The molecule has 0 aliphatic rings. The molecule has 12 nitrogen and oxygen atoms in total. The first kappa shape index (κ1) is 35.2. The van der Waals surface area contributed by atoms with Gasteiger partial charge in [-0.15, -0.1) is 5.10 Å². The summed E-state index contributed by atoms with van der Waals surface area (Å²) in [6.45, 7) is 9.84. The minimum atomic E-state index is -2.20. The van der Waals surface area contributed by atoms with Crippen molar-refractivity contribution in [2.75, 3.05) is 0 Å². The van der Waals surface area contributed by atoms with Gasteiger partial charge >= 0.3 is 11.9 Å². The summed E-state index contributed by atoms with van der Waals surface area (Å²) < 4.78 is 23.9. The third kappa shape index (κ3) is 8.32. The topological polar surface area (TPSA) is 153 Å². The molecule has 0 saturated carbocycles. The van der Waals surface area contributed by atoms with Gasteiger partial charge in [0.1, 0.15) is 29.1 Å². The van der Waals surface area contributed by atoms with E-state index in [2.05, 4.69) is 15.5 Å². The van der Waals surface area contributed by atoms with E-state index in [4.69, 9.17) is 30.3 Å².